The molecule has 2 heterocycles. The van der Waals surface area contributed by atoms with Crippen LogP contribution in [-0.2, 0) is 17.4 Å². The second kappa shape index (κ2) is 9.97. The van der Waals surface area contributed by atoms with Gasteiger partial charge in [0, 0.05) is 57.6 Å². The maximum Gasteiger partial charge on any atom is 0.424 e. The maximum atomic E-state index is 13.6. The summed E-state index contributed by atoms with van der Waals surface area (Å²) in [7, 11) is 1.42. The Bertz CT molecular complexity index is 701. The van der Waals surface area contributed by atoms with Crippen molar-refractivity contribution in [2.75, 3.05) is 45.9 Å². The average molecular weight is 435 g/mol. The molecule has 1 fully saturated rings. The summed E-state index contributed by atoms with van der Waals surface area (Å²) in [5, 5.41) is 16.4. The van der Waals surface area contributed by atoms with E-state index in [2.05, 4.69) is 39.4 Å². The molecule has 0 aromatic carbocycles. The van der Waals surface area contributed by atoms with Crippen molar-refractivity contribution in [3.05, 3.63) is 18.2 Å². The molecule has 0 amide bonds. The molecule has 2 rings (SSSR count). The molecule has 0 saturated carbocycles. The number of imidazole rings is 1. The van der Waals surface area contributed by atoms with E-state index in [0.717, 1.165) is 13.1 Å². The van der Waals surface area contributed by atoms with E-state index in [4.69, 9.17) is 4.74 Å². The predicted octanol–water partition coefficient (Wildman–Crippen LogP) is 1.23. The third kappa shape index (κ3) is 5.86. The lowest BCUT2D eigenvalue weighted by atomic mass is 9.97. The van der Waals surface area contributed by atoms with Crippen LogP contribution in [0.5, 0.6) is 0 Å². The van der Waals surface area contributed by atoms with Gasteiger partial charge < -0.3 is 25.0 Å². The number of alkyl halides is 3. The minimum atomic E-state index is -4.86. The van der Waals surface area contributed by atoms with Crippen molar-refractivity contribution in [1.82, 2.24) is 25.1 Å². The Morgan fingerprint density at radius 1 is 1.27 bits per heavy atom. The van der Waals surface area contributed by atoms with Crippen LogP contribution in [0.4, 0.5) is 13.2 Å². The van der Waals surface area contributed by atoms with Crippen LogP contribution >= 0.6 is 0 Å². The van der Waals surface area contributed by atoms with E-state index < -0.39 is 24.0 Å². The number of aliphatic imine (C=N–C) groups is 1. The number of guanidine groups is 1. The van der Waals surface area contributed by atoms with Crippen molar-refractivity contribution in [3.8, 4) is 0 Å². The normalized spacial score (nSPS) is 18.9. The van der Waals surface area contributed by atoms with Crippen LogP contribution in [0.1, 0.15) is 33.0 Å². The average Bonchev–Trinajstić information content (AvgIpc) is 3.12. The van der Waals surface area contributed by atoms with Gasteiger partial charge in [-0.15, -0.1) is 0 Å². The van der Waals surface area contributed by atoms with Crippen LogP contribution in [0.15, 0.2) is 17.4 Å². The molecule has 1 aliphatic rings. The lowest BCUT2D eigenvalue weighted by Crippen LogP contribution is -2.52. The molecule has 1 saturated heterocycles. The number of nitrogens with one attached hydrogen (secondary N) is 2. The molecule has 1 unspecified atom stereocenters. The summed E-state index contributed by atoms with van der Waals surface area (Å²) in [6.45, 7) is 9.91. The predicted molar refractivity (Wildman–Crippen MR) is 108 cm³/mol. The number of aryl methyl sites for hydroxylation is 1. The molecule has 11 heteroatoms. The zero-order chi connectivity index (χ0) is 22.4. The van der Waals surface area contributed by atoms with Gasteiger partial charge in [-0.3, -0.25) is 9.89 Å². The summed E-state index contributed by atoms with van der Waals surface area (Å²) in [6.07, 6.45) is -2.85. The van der Waals surface area contributed by atoms with E-state index >= 15 is 0 Å². The zero-order valence-electron chi connectivity index (χ0n) is 18.1. The van der Waals surface area contributed by atoms with E-state index in [1.165, 1.54) is 24.0 Å². The first-order valence-corrected chi connectivity index (χ1v) is 10.1. The molecule has 0 radical (unpaired) electrons. The highest BCUT2D eigenvalue weighted by Crippen LogP contribution is 2.40. The summed E-state index contributed by atoms with van der Waals surface area (Å²) >= 11 is 0. The molecule has 0 bridgehead atoms. The topological polar surface area (TPSA) is 86.9 Å². The van der Waals surface area contributed by atoms with Gasteiger partial charge in [0.25, 0.3) is 0 Å². The van der Waals surface area contributed by atoms with Gasteiger partial charge in [-0.1, -0.05) is 0 Å². The molecule has 30 heavy (non-hydrogen) atoms. The third-order valence-electron chi connectivity index (χ3n) is 5.27. The van der Waals surface area contributed by atoms with Crippen molar-refractivity contribution >= 4 is 5.96 Å². The fraction of sp³-hybridized carbons (Fsp3) is 0.789. The molecular weight excluding hydrogens is 401 g/mol. The van der Waals surface area contributed by atoms with Crippen molar-refractivity contribution in [2.24, 2.45) is 12.0 Å². The van der Waals surface area contributed by atoms with Gasteiger partial charge in [0.05, 0.1) is 19.8 Å². The molecule has 1 aromatic rings. The number of morpholine rings is 1. The molecule has 1 aromatic heterocycles. The summed E-state index contributed by atoms with van der Waals surface area (Å²) < 4.78 is 47.5. The third-order valence-corrected chi connectivity index (χ3v) is 5.27. The van der Waals surface area contributed by atoms with Crippen molar-refractivity contribution in [3.63, 3.8) is 0 Å². The SMILES string of the molecule is CCNC(=NCC(C)(C)N1CCOCC1)NCCC(O)(c1nccn1C)C(F)(F)F. The van der Waals surface area contributed by atoms with Crippen molar-refractivity contribution in [1.29, 1.82) is 0 Å². The molecule has 0 spiro atoms. The molecule has 0 aliphatic carbocycles. The number of aromatic nitrogens is 2. The first kappa shape index (κ1) is 24.4. The molecule has 1 aliphatic heterocycles. The summed E-state index contributed by atoms with van der Waals surface area (Å²) in [5.41, 5.74) is -3.27. The summed E-state index contributed by atoms with van der Waals surface area (Å²) in [5.74, 6) is -0.0320. The first-order valence-electron chi connectivity index (χ1n) is 10.1. The van der Waals surface area contributed by atoms with Gasteiger partial charge in [-0.2, -0.15) is 13.2 Å². The van der Waals surface area contributed by atoms with Crippen LogP contribution < -0.4 is 10.6 Å². The Balaban J connectivity index is 2.04. The smallest absolute Gasteiger partial charge is 0.379 e. The minimum absolute atomic E-state index is 0.132. The number of hydrogen-bond acceptors (Lipinski definition) is 5. The fourth-order valence-corrected chi connectivity index (χ4v) is 3.39. The van der Waals surface area contributed by atoms with Crippen LogP contribution in [-0.4, -0.2) is 83.2 Å². The summed E-state index contributed by atoms with van der Waals surface area (Å²) in [6, 6.07) is 0. The fourth-order valence-electron chi connectivity index (χ4n) is 3.39. The highest BCUT2D eigenvalue weighted by molar-refractivity contribution is 5.79. The van der Waals surface area contributed by atoms with Gasteiger partial charge >= 0.3 is 6.18 Å². The number of ether oxygens (including phenoxy) is 1. The van der Waals surface area contributed by atoms with Gasteiger partial charge in [-0.25, -0.2) is 4.98 Å². The van der Waals surface area contributed by atoms with E-state index in [1.807, 2.05) is 6.92 Å². The number of nitrogens with zero attached hydrogens (tertiary/aromatic N) is 4. The lowest BCUT2D eigenvalue weighted by molar-refractivity contribution is -0.272. The van der Waals surface area contributed by atoms with Crippen LogP contribution in [0.3, 0.4) is 0 Å². The van der Waals surface area contributed by atoms with Crippen LogP contribution in [0, 0.1) is 0 Å². The Labute approximate surface area is 175 Å². The van der Waals surface area contributed by atoms with E-state index in [-0.39, 0.29) is 12.1 Å². The Morgan fingerprint density at radius 3 is 2.47 bits per heavy atom. The Morgan fingerprint density at radius 2 is 1.93 bits per heavy atom. The number of halogens is 3. The number of aliphatic hydroxyl groups is 1. The standard InChI is InChI=1S/C19H33F3N6O2/c1-5-23-16(26-14-17(2,3)28-10-12-30-13-11-28)25-7-6-18(29,19(20,21)22)15-24-8-9-27(15)4/h8-9,29H,5-7,10-14H2,1-4H3,(H2,23,25,26). The molecular formula is C19H33F3N6O2. The Hall–Kier alpha value is -1.85. The number of hydrogen-bond donors (Lipinski definition) is 3. The monoisotopic (exact) mass is 434 g/mol. The van der Waals surface area contributed by atoms with Crippen LogP contribution in [0.2, 0.25) is 0 Å². The van der Waals surface area contributed by atoms with Crippen LogP contribution in [0.25, 0.3) is 0 Å². The largest absolute Gasteiger partial charge is 0.424 e. The van der Waals surface area contributed by atoms with Gasteiger partial charge in [0.15, 0.2) is 5.96 Å². The summed E-state index contributed by atoms with van der Waals surface area (Å²) in [4.78, 5) is 10.5. The van der Waals surface area contributed by atoms with Gasteiger partial charge in [0.2, 0.25) is 5.60 Å². The minimum Gasteiger partial charge on any atom is -0.379 e. The lowest BCUT2D eigenvalue weighted by Gasteiger charge is -2.40. The second-order valence-corrected chi connectivity index (χ2v) is 8.00. The second-order valence-electron chi connectivity index (χ2n) is 8.00. The molecule has 8 nitrogen and oxygen atoms in total. The molecule has 1 atom stereocenters. The highest BCUT2D eigenvalue weighted by Gasteiger charge is 2.57. The zero-order valence-corrected chi connectivity index (χ0v) is 18.1. The van der Waals surface area contributed by atoms with Gasteiger partial charge in [-0.05, 0) is 20.8 Å². The quantitative estimate of drug-likeness (QED) is 0.422. The maximum absolute atomic E-state index is 13.6. The van der Waals surface area contributed by atoms with Crippen molar-refractivity contribution < 1.29 is 23.0 Å². The molecule has 172 valence electrons. The Kier molecular flexibility index (Phi) is 8.12. The van der Waals surface area contributed by atoms with E-state index in [9.17, 15) is 18.3 Å². The number of rotatable bonds is 8. The van der Waals surface area contributed by atoms with Crippen molar-refractivity contribution in [2.45, 2.75) is 44.5 Å². The van der Waals surface area contributed by atoms with E-state index in [0.29, 0.717) is 32.3 Å². The molecule has 3 N–H and O–H groups in total. The van der Waals surface area contributed by atoms with Gasteiger partial charge in [0.1, 0.15) is 5.82 Å². The first-order chi connectivity index (χ1) is 14.0. The highest BCUT2D eigenvalue weighted by atomic mass is 19.4. The van der Waals surface area contributed by atoms with E-state index in [1.54, 1.807) is 0 Å².